The van der Waals surface area contributed by atoms with Gasteiger partial charge in [0.1, 0.15) is 12.1 Å². The lowest BCUT2D eigenvalue weighted by molar-refractivity contribution is -0.153. The number of nitrogens with zero attached hydrogens (tertiary/aromatic N) is 1. The van der Waals surface area contributed by atoms with Gasteiger partial charge in [0.05, 0.1) is 6.61 Å². The van der Waals surface area contributed by atoms with E-state index in [0.29, 0.717) is 13.0 Å². The highest BCUT2D eigenvalue weighted by Crippen LogP contribution is 2.36. The molecule has 5 heteroatoms. The number of hydrogen-bond acceptors (Lipinski definition) is 5. The Kier molecular flexibility index (Phi) is 7.18. The van der Waals surface area contributed by atoms with Crippen LogP contribution in [-0.2, 0) is 19.1 Å². The predicted octanol–water partition coefficient (Wildman–Crippen LogP) is 3.71. The van der Waals surface area contributed by atoms with Gasteiger partial charge in [-0.25, -0.2) is 0 Å². The summed E-state index contributed by atoms with van der Waals surface area (Å²) in [4.78, 5) is 27.7. The van der Waals surface area contributed by atoms with E-state index in [1.54, 1.807) is 0 Å². The molecule has 5 nitrogen and oxygen atoms in total. The fourth-order valence-corrected chi connectivity index (χ4v) is 2.53. The zero-order valence-electron chi connectivity index (χ0n) is 15.8. The van der Waals surface area contributed by atoms with Crippen LogP contribution < -0.4 is 0 Å². The van der Waals surface area contributed by atoms with Crippen LogP contribution in [0.2, 0.25) is 0 Å². The first-order valence-corrected chi connectivity index (χ1v) is 8.62. The standard InChI is InChI=1S/C19H31NO4/c1-7-8-16(21)23-13-14-9-10-15(11-19(14,5)6)20-12-17(22)24-18(2,3)4/h9-10,14H,7-8,11-13H2,1-6H3. The fourth-order valence-electron chi connectivity index (χ4n) is 2.53. The molecule has 0 saturated heterocycles. The molecular weight excluding hydrogens is 306 g/mol. The van der Waals surface area contributed by atoms with Gasteiger partial charge in [-0.1, -0.05) is 26.8 Å². The molecule has 0 aliphatic heterocycles. The van der Waals surface area contributed by atoms with Crippen LogP contribution >= 0.6 is 0 Å². The molecule has 0 aromatic carbocycles. The predicted molar refractivity (Wildman–Crippen MR) is 95.0 cm³/mol. The minimum atomic E-state index is -0.494. The van der Waals surface area contributed by atoms with Gasteiger partial charge in [0, 0.05) is 18.1 Å². The van der Waals surface area contributed by atoms with E-state index in [2.05, 4.69) is 18.8 Å². The Bertz CT molecular complexity index is 512. The van der Waals surface area contributed by atoms with Crippen molar-refractivity contribution in [3.63, 3.8) is 0 Å². The maximum Gasteiger partial charge on any atom is 0.328 e. The number of esters is 2. The Morgan fingerprint density at radius 1 is 1.29 bits per heavy atom. The smallest absolute Gasteiger partial charge is 0.328 e. The Labute approximate surface area is 145 Å². The highest BCUT2D eigenvalue weighted by atomic mass is 16.6. The normalized spacial score (nSPS) is 21.6. The third kappa shape index (κ3) is 7.28. The Morgan fingerprint density at radius 3 is 2.50 bits per heavy atom. The first-order chi connectivity index (χ1) is 11.0. The van der Waals surface area contributed by atoms with E-state index in [1.807, 2.05) is 39.8 Å². The molecule has 1 atom stereocenters. The van der Waals surface area contributed by atoms with Crippen molar-refractivity contribution in [2.24, 2.45) is 16.3 Å². The van der Waals surface area contributed by atoms with Crippen molar-refractivity contribution < 1.29 is 19.1 Å². The van der Waals surface area contributed by atoms with Crippen molar-refractivity contribution >= 4 is 17.7 Å². The van der Waals surface area contributed by atoms with Crippen LogP contribution in [0, 0.1) is 11.3 Å². The summed E-state index contributed by atoms with van der Waals surface area (Å²) in [6, 6.07) is 0. The van der Waals surface area contributed by atoms with Gasteiger partial charge in [0.2, 0.25) is 0 Å². The summed E-state index contributed by atoms with van der Waals surface area (Å²) in [5, 5.41) is 0. The van der Waals surface area contributed by atoms with Crippen LogP contribution in [-0.4, -0.2) is 36.4 Å². The van der Waals surface area contributed by atoms with Crippen molar-refractivity contribution in [2.45, 2.75) is 66.4 Å². The summed E-state index contributed by atoms with van der Waals surface area (Å²) >= 11 is 0. The second-order valence-electron chi connectivity index (χ2n) is 7.96. The second-order valence-corrected chi connectivity index (χ2v) is 7.96. The van der Waals surface area contributed by atoms with Gasteiger partial charge in [-0.2, -0.15) is 0 Å². The summed E-state index contributed by atoms with van der Waals surface area (Å²) in [7, 11) is 0. The molecule has 0 N–H and O–H groups in total. The monoisotopic (exact) mass is 337 g/mol. The van der Waals surface area contributed by atoms with E-state index < -0.39 is 5.60 Å². The number of rotatable bonds is 6. The third-order valence-electron chi connectivity index (χ3n) is 3.87. The van der Waals surface area contributed by atoms with E-state index in [0.717, 1.165) is 18.6 Å². The van der Waals surface area contributed by atoms with Crippen LogP contribution in [0.25, 0.3) is 0 Å². The number of allylic oxidation sites excluding steroid dienone is 1. The largest absolute Gasteiger partial charge is 0.465 e. The molecule has 0 spiro atoms. The van der Waals surface area contributed by atoms with Gasteiger partial charge in [-0.05, 0) is 45.1 Å². The lowest BCUT2D eigenvalue weighted by atomic mass is 9.72. The highest BCUT2D eigenvalue weighted by molar-refractivity contribution is 5.97. The minimum Gasteiger partial charge on any atom is -0.465 e. The molecule has 0 bridgehead atoms. The van der Waals surface area contributed by atoms with Gasteiger partial charge in [0.15, 0.2) is 0 Å². The zero-order chi connectivity index (χ0) is 18.4. The Balaban J connectivity index is 2.61. The molecule has 136 valence electrons. The molecule has 1 rings (SSSR count). The van der Waals surface area contributed by atoms with E-state index in [-0.39, 0.29) is 29.8 Å². The number of carbonyl (C=O) groups excluding carboxylic acids is 2. The van der Waals surface area contributed by atoms with E-state index in [1.165, 1.54) is 0 Å². The van der Waals surface area contributed by atoms with Crippen LogP contribution in [0.5, 0.6) is 0 Å². The number of carbonyl (C=O) groups is 2. The van der Waals surface area contributed by atoms with Gasteiger partial charge in [-0.15, -0.1) is 0 Å². The van der Waals surface area contributed by atoms with E-state index in [9.17, 15) is 9.59 Å². The van der Waals surface area contributed by atoms with Crippen molar-refractivity contribution in [3.05, 3.63) is 12.2 Å². The molecule has 0 fully saturated rings. The molecule has 1 aliphatic carbocycles. The molecule has 0 heterocycles. The molecule has 0 aromatic rings. The highest BCUT2D eigenvalue weighted by Gasteiger charge is 2.32. The molecule has 24 heavy (non-hydrogen) atoms. The van der Waals surface area contributed by atoms with Crippen LogP contribution in [0.15, 0.2) is 17.1 Å². The van der Waals surface area contributed by atoms with E-state index in [4.69, 9.17) is 9.47 Å². The molecule has 0 saturated carbocycles. The van der Waals surface area contributed by atoms with Crippen molar-refractivity contribution in [1.29, 1.82) is 0 Å². The van der Waals surface area contributed by atoms with Crippen molar-refractivity contribution in [1.82, 2.24) is 0 Å². The SMILES string of the molecule is CCCC(=O)OCC1C=CC(=NCC(=O)OC(C)(C)C)CC1(C)C. The maximum atomic E-state index is 11.8. The van der Waals surface area contributed by atoms with Gasteiger partial charge in [-0.3, -0.25) is 14.6 Å². The molecule has 1 unspecified atom stereocenters. The number of aliphatic imine (C=N–C) groups is 1. The Hall–Kier alpha value is -1.65. The van der Waals surface area contributed by atoms with Crippen LogP contribution in [0.1, 0.15) is 60.8 Å². The van der Waals surface area contributed by atoms with Crippen LogP contribution in [0.3, 0.4) is 0 Å². The number of ether oxygens (including phenoxy) is 2. The van der Waals surface area contributed by atoms with Crippen LogP contribution in [0.4, 0.5) is 0 Å². The minimum absolute atomic E-state index is 0.0309. The Morgan fingerprint density at radius 2 is 1.96 bits per heavy atom. The molecule has 0 amide bonds. The third-order valence-corrected chi connectivity index (χ3v) is 3.87. The van der Waals surface area contributed by atoms with Gasteiger partial charge >= 0.3 is 11.9 Å². The zero-order valence-corrected chi connectivity index (χ0v) is 15.8. The number of hydrogen-bond donors (Lipinski definition) is 0. The first-order valence-electron chi connectivity index (χ1n) is 8.62. The molecular formula is C19H31NO4. The maximum absolute atomic E-state index is 11.8. The van der Waals surface area contributed by atoms with Crippen molar-refractivity contribution in [2.75, 3.05) is 13.2 Å². The summed E-state index contributed by atoms with van der Waals surface area (Å²) in [6.07, 6.45) is 5.94. The lowest BCUT2D eigenvalue weighted by Gasteiger charge is -2.35. The quantitative estimate of drug-likeness (QED) is 0.693. The van der Waals surface area contributed by atoms with E-state index >= 15 is 0 Å². The molecule has 0 radical (unpaired) electrons. The first kappa shape index (κ1) is 20.4. The summed E-state index contributed by atoms with van der Waals surface area (Å²) < 4.78 is 10.6. The van der Waals surface area contributed by atoms with Crippen molar-refractivity contribution in [3.8, 4) is 0 Å². The molecule has 0 aromatic heterocycles. The lowest BCUT2D eigenvalue weighted by Crippen LogP contribution is -2.33. The van der Waals surface area contributed by atoms with Gasteiger partial charge < -0.3 is 9.47 Å². The van der Waals surface area contributed by atoms with Gasteiger partial charge in [0.25, 0.3) is 0 Å². The summed E-state index contributed by atoms with van der Waals surface area (Å²) in [5.74, 6) is -0.318. The second kappa shape index (κ2) is 8.45. The summed E-state index contributed by atoms with van der Waals surface area (Å²) in [5.41, 5.74) is 0.308. The molecule has 1 aliphatic rings. The topological polar surface area (TPSA) is 65.0 Å². The summed E-state index contributed by atoms with van der Waals surface area (Å²) in [6.45, 7) is 12.1. The average Bonchev–Trinajstić information content (AvgIpc) is 2.41. The average molecular weight is 337 g/mol. The fraction of sp³-hybridized carbons (Fsp3) is 0.737.